The Morgan fingerprint density at radius 3 is 2.54 bits per heavy atom. The monoisotopic (exact) mass is 605 g/mol. The van der Waals surface area contributed by atoms with E-state index in [1.807, 2.05) is 31.2 Å². The highest BCUT2D eigenvalue weighted by Gasteiger charge is 2.44. The summed E-state index contributed by atoms with van der Waals surface area (Å²) < 4.78 is 3.74. The minimum atomic E-state index is -1.01. The van der Waals surface area contributed by atoms with Crippen molar-refractivity contribution in [3.05, 3.63) is 41.0 Å². The molecule has 5 N–H and O–H groups in total. The van der Waals surface area contributed by atoms with E-state index in [2.05, 4.69) is 33.0 Å². The van der Waals surface area contributed by atoms with Crippen LogP contribution < -0.4 is 16.4 Å². The smallest absolute Gasteiger partial charge is 0.404 e. The van der Waals surface area contributed by atoms with Crippen LogP contribution in [-0.4, -0.2) is 74.9 Å². The van der Waals surface area contributed by atoms with Crippen LogP contribution in [0.25, 0.3) is 10.4 Å². The Balaban J connectivity index is 1.58. The quantitative estimate of drug-likeness (QED) is 0.173. The maximum atomic E-state index is 13.6. The van der Waals surface area contributed by atoms with E-state index < -0.39 is 34.9 Å². The summed E-state index contributed by atoms with van der Waals surface area (Å²) in [5.41, 5.74) is 9.64. The van der Waals surface area contributed by atoms with Crippen LogP contribution in [-0.2, 0) is 25.7 Å². The molecule has 2 heterocycles. The van der Waals surface area contributed by atoms with Gasteiger partial charge in [-0.1, -0.05) is 24.3 Å². The highest BCUT2D eigenvalue weighted by Crippen LogP contribution is 2.28. The molecule has 3 atom stereocenters. The van der Waals surface area contributed by atoms with Gasteiger partial charge in [-0.3, -0.25) is 14.4 Å². The Hall–Kier alpha value is -3.16. The van der Waals surface area contributed by atoms with Gasteiger partial charge in [-0.25, -0.2) is 9.78 Å². The number of ether oxygens (including phenoxy) is 1. The zero-order valence-electron chi connectivity index (χ0n) is 23.6. The molecule has 1 saturated heterocycles. The van der Waals surface area contributed by atoms with Crippen molar-refractivity contribution in [2.24, 2.45) is 5.73 Å². The van der Waals surface area contributed by atoms with Gasteiger partial charge in [-0.2, -0.15) is 12.6 Å². The molecule has 3 rings (SSSR count). The number of primary amides is 1. The number of amides is 4. The number of β-amino-alcohol motifs (C(OH)–C–C–N with tert-alkyl or cyclic N) is 1. The van der Waals surface area contributed by atoms with Crippen molar-refractivity contribution in [1.29, 1.82) is 0 Å². The molecule has 2 aromatic rings. The Morgan fingerprint density at radius 1 is 1.22 bits per heavy atom. The first-order chi connectivity index (χ1) is 19.4. The van der Waals surface area contributed by atoms with Gasteiger partial charge in [0.15, 0.2) is 0 Å². The van der Waals surface area contributed by atoms with E-state index in [0.717, 1.165) is 21.7 Å². The second-order valence-electron chi connectivity index (χ2n) is 10.7. The summed E-state index contributed by atoms with van der Waals surface area (Å²) >= 11 is 6.12. The Bertz CT molecular complexity index is 1210. The van der Waals surface area contributed by atoms with Crippen LogP contribution in [0.3, 0.4) is 0 Å². The predicted molar refractivity (Wildman–Crippen MR) is 159 cm³/mol. The molecule has 1 aliphatic rings. The number of aliphatic hydroxyl groups excluding tert-OH is 1. The topological polar surface area (TPSA) is 164 Å². The molecule has 0 spiro atoms. The van der Waals surface area contributed by atoms with Gasteiger partial charge < -0.3 is 31.1 Å². The lowest BCUT2D eigenvalue weighted by Gasteiger charge is -2.34. The van der Waals surface area contributed by atoms with Crippen LogP contribution in [0.2, 0.25) is 0 Å². The molecule has 1 aromatic heterocycles. The van der Waals surface area contributed by atoms with Crippen molar-refractivity contribution in [3.63, 3.8) is 0 Å². The number of nitrogens with two attached hydrogens (primary N) is 1. The number of hydrogen-bond donors (Lipinski definition) is 5. The zero-order valence-corrected chi connectivity index (χ0v) is 25.3. The summed E-state index contributed by atoms with van der Waals surface area (Å²) in [5, 5.41) is 16.0. The molecule has 0 saturated carbocycles. The van der Waals surface area contributed by atoms with Crippen LogP contribution in [0, 0.1) is 6.92 Å². The number of likely N-dealkylation sites (tertiary alicyclic amines) is 1. The Kier molecular flexibility index (Phi) is 11.6. The van der Waals surface area contributed by atoms with Crippen molar-refractivity contribution in [2.75, 3.05) is 13.2 Å². The molecular formula is C28H39N5O6S2. The molecule has 1 aliphatic heterocycles. The average Bonchev–Trinajstić information content (AvgIpc) is 3.52. The number of benzene rings is 1. The molecule has 0 bridgehead atoms. The summed E-state index contributed by atoms with van der Waals surface area (Å²) in [4.78, 5) is 56.8. The van der Waals surface area contributed by atoms with Gasteiger partial charge in [0.05, 0.1) is 28.8 Å². The van der Waals surface area contributed by atoms with E-state index >= 15 is 0 Å². The number of unbranched alkanes of at least 4 members (excludes halogenated alkanes) is 2. The lowest BCUT2D eigenvalue weighted by atomic mass is 10.00. The zero-order chi connectivity index (χ0) is 30.2. The van der Waals surface area contributed by atoms with Crippen LogP contribution in [0.4, 0.5) is 4.79 Å². The molecule has 0 aliphatic carbocycles. The third kappa shape index (κ3) is 9.44. The molecule has 13 heteroatoms. The number of nitrogens with one attached hydrogen (secondary N) is 2. The molecule has 224 valence electrons. The standard InChI is InChI=1S/C28H39N5O6S2/c1-17-23(41-16-31-17)19-10-8-18(9-11-19)14-30-25(36)21-13-20(34)15-33(21)26(37)24(28(2,3)40)32-22(35)7-5-4-6-12-39-27(29)38/h8-11,16,20-21,24,34,40H,4-7,12-15H2,1-3H3,(H2,29,38)(H,30,36)(H,32,35)/t20-,21+,24-/m1/s1. The first-order valence-corrected chi connectivity index (χ1v) is 14.9. The molecule has 1 aromatic carbocycles. The normalized spacial score (nSPS) is 17.6. The first-order valence-electron chi connectivity index (χ1n) is 13.6. The highest BCUT2D eigenvalue weighted by atomic mass is 32.1. The molecule has 1 fully saturated rings. The minimum Gasteiger partial charge on any atom is -0.450 e. The summed E-state index contributed by atoms with van der Waals surface area (Å²) in [6.45, 7) is 5.80. The summed E-state index contributed by atoms with van der Waals surface area (Å²) in [7, 11) is 0. The predicted octanol–water partition coefficient (Wildman–Crippen LogP) is 2.55. The number of aliphatic hydroxyl groups is 1. The van der Waals surface area contributed by atoms with Gasteiger partial charge in [0.1, 0.15) is 12.1 Å². The number of nitrogens with zero attached hydrogens (tertiary/aromatic N) is 2. The SMILES string of the molecule is Cc1ncsc1-c1ccc(CNC(=O)[C@@H]2C[C@@H](O)CN2C(=O)[C@@H](NC(=O)CCCCCOC(N)=O)C(C)(C)S)cc1. The number of carbonyl (C=O) groups excluding carboxylic acids is 4. The minimum absolute atomic E-state index is 0.0179. The highest BCUT2D eigenvalue weighted by molar-refractivity contribution is 7.81. The maximum Gasteiger partial charge on any atom is 0.404 e. The molecule has 11 nitrogen and oxygen atoms in total. The molecule has 0 unspecified atom stereocenters. The van der Waals surface area contributed by atoms with Gasteiger partial charge in [0.2, 0.25) is 17.7 Å². The summed E-state index contributed by atoms with van der Waals surface area (Å²) in [6, 6.07) is 5.93. The number of thiol groups is 1. The average molecular weight is 606 g/mol. The van der Waals surface area contributed by atoms with Crippen LogP contribution >= 0.6 is 24.0 Å². The molecule has 0 radical (unpaired) electrons. The van der Waals surface area contributed by atoms with Gasteiger partial charge >= 0.3 is 6.09 Å². The number of aromatic nitrogens is 1. The van der Waals surface area contributed by atoms with Crippen LogP contribution in [0.5, 0.6) is 0 Å². The van der Waals surface area contributed by atoms with Crippen molar-refractivity contribution in [2.45, 2.75) is 82.4 Å². The fourth-order valence-corrected chi connectivity index (χ4v) is 5.63. The number of aryl methyl sites for hydroxylation is 1. The number of carbonyl (C=O) groups is 4. The van der Waals surface area contributed by atoms with Crippen molar-refractivity contribution in [1.82, 2.24) is 20.5 Å². The molecule has 41 heavy (non-hydrogen) atoms. The Labute approximate surface area is 249 Å². The van der Waals surface area contributed by atoms with Crippen LogP contribution in [0.15, 0.2) is 29.8 Å². The maximum absolute atomic E-state index is 13.6. The Morgan fingerprint density at radius 2 is 1.93 bits per heavy atom. The lowest BCUT2D eigenvalue weighted by molar-refractivity contribution is -0.142. The number of rotatable bonds is 13. The van der Waals surface area contributed by atoms with Gasteiger partial charge in [-0.15, -0.1) is 11.3 Å². The van der Waals surface area contributed by atoms with Crippen molar-refractivity contribution < 1.29 is 29.0 Å². The van der Waals surface area contributed by atoms with E-state index in [0.29, 0.717) is 19.3 Å². The summed E-state index contributed by atoms with van der Waals surface area (Å²) in [6.07, 6.45) is 0.294. The molecule has 4 amide bonds. The van der Waals surface area contributed by atoms with E-state index in [1.54, 1.807) is 30.7 Å². The third-order valence-corrected chi connectivity index (χ3v) is 8.08. The first kappa shape index (κ1) is 32.4. The van der Waals surface area contributed by atoms with Crippen molar-refractivity contribution >= 4 is 47.8 Å². The largest absolute Gasteiger partial charge is 0.450 e. The van der Waals surface area contributed by atoms with Gasteiger partial charge in [-0.05, 0) is 51.2 Å². The fourth-order valence-electron chi connectivity index (χ4n) is 4.64. The number of hydrogen-bond acceptors (Lipinski definition) is 9. The molecular weight excluding hydrogens is 566 g/mol. The van der Waals surface area contributed by atoms with Crippen molar-refractivity contribution in [3.8, 4) is 10.4 Å². The third-order valence-electron chi connectivity index (χ3n) is 6.84. The second kappa shape index (κ2) is 14.6. The van der Waals surface area contributed by atoms with Gasteiger partial charge in [0.25, 0.3) is 0 Å². The lowest BCUT2D eigenvalue weighted by Crippen LogP contribution is -2.59. The number of thiazole rings is 1. The second-order valence-corrected chi connectivity index (χ2v) is 12.7. The van der Waals surface area contributed by atoms with E-state index in [4.69, 9.17) is 5.73 Å². The fraction of sp³-hybridized carbons (Fsp3) is 0.536. The van der Waals surface area contributed by atoms with Gasteiger partial charge in [0, 0.05) is 30.7 Å². The van der Waals surface area contributed by atoms with E-state index in [9.17, 15) is 24.3 Å². The summed E-state index contributed by atoms with van der Waals surface area (Å²) in [5.74, 6) is -1.19. The van der Waals surface area contributed by atoms with Crippen LogP contribution in [0.1, 0.15) is 57.2 Å². The van der Waals surface area contributed by atoms with E-state index in [1.165, 1.54) is 4.90 Å². The van der Waals surface area contributed by atoms with E-state index in [-0.39, 0.29) is 44.4 Å².